The van der Waals surface area contributed by atoms with Gasteiger partial charge in [-0.2, -0.15) is 11.8 Å². The van der Waals surface area contributed by atoms with E-state index >= 15 is 0 Å². The second-order valence-corrected chi connectivity index (χ2v) is 6.50. The minimum absolute atomic E-state index is 0.0136. The molecule has 2 amide bonds. The molecule has 2 heterocycles. The number of hydrogen-bond acceptors (Lipinski definition) is 4. The fourth-order valence-electron chi connectivity index (χ4n) is 1.72. The monoisotopic (exact) mass is 285 g/mol. The fraction of sp³-hybridized carbons (Fsp3) is 0.667. The summed E-state index contributed by atoms with van der Waals surface area (Å²) in [4.78, 5) is 18.3. The molecule has 1 saturated heterocycles. The number of carbonyl (C=O) groups excluding carboxylic acids is 1. The Bertz CT molecular complexity index is 402. The number of thioether (sulfide) groups is 1. The van der Waals surface area contributed by atoms with Crippen LogP contribution in [0.2, 0.25) is 0 Å². The standard InChI is InChI=1S/C12H19N3OS2/c1-3-9(2)10-8-18-11(13-10)14-12(16)15-4-6-17-7-5-15/h8-9H,3-7H2,1-2H3,(H,13,14,16). The average Bonchev–Trinajstić information content (AvgIpc) is 2.87. The van der Waals surface area contributed by atoms with Gasteiger partial charge in [-0.25, -0.2) is 9.78 Å². The van der Waals surface area contributed by atoms with Crippen molar-refractivity contribution < 1.29 is 4.79 Å². The minimum Gasteiger partial charge on any atom is -0.323 e. The van der Waals surface area contributed by atoms with E-state index in [1.165, 1.54) is 11.3 Å². The molecule has 18 heavy (non-hydrogen) atoms. The van der Waals surface area contributed by atoms with Crippen molar-refractivity contribution >= 4 is 34.3 Å². The van der Waals surface area contributed by atoms with Gasteiger partial charge in [0.2, 0.25) is 0 Å². The largest absolute Gasteiger partial charge is 0.323 e. The predicted octanol–water partition coefficient (Wildman–Crippen LogP) is 3.24. The maximum atomic E-state index is 12.0. The number of anilines is 1. The van der Waals surface area contributed by atoms with Crippen LogP contribution in [0.4, 0.5) is 9.93 Å². The molecule has 6 heteroatoms. The number of hydrogen-bond donors (Lipinski definition) is 1. The number of rotatable bonds is 3. The van der Waals surface area contributed by atoms with Gasteiger partial charge in [0.15, 0.2) is 5.13 Å². The lowest BCUT2D eigenvalue weighted by molar-refractivity contribution is 0.217. The molecule has 0 radical (unpaired) electrons. The lowest BCUT2D eigenvalue weighted by atomic mass is 10.1. The minimum atomic E-state index is -0.0136. The molecule has 1 N–H and O–H groups in total. The van der Waals surface area contributed by atoms with Crippen LogP contribution in [-0.4, -0.2) is 40.5 Å². The van der Waals surface area contributed by atoms with E-state index in [1.807, 2.05) is 22.0 Å². The average molecular weight is 285 g/mol. The number of nitrogens with one attached hydrogen (secondary N) is 1. The summed E-state index contributed by atoms with van der Waals surface area (Å²) in [6.45, 7) is 5.97. The molecular formula is C12H19N3OS2. The number of nitrogens with zero attached hydrogens (tertiary/aromatic N) is 2. The van der Waals surface area contributed by atoms with Gasteiger partial charge in [0.05, 0.1) is 5.69 Å². The number of amides is 2. The van der Waals surface area contributed by atoms with Gasteiger partial charge in [0.1, 0.15) is 0 Å². The van der Waals surface area contributed by atoms with Crippen LogP contribution in [0.15, 0.2) is 5.38 Å². The maximum absolute atomic E-state index is 12.0. The van der Waals surface area contributed by atoms with Crippen LogP contribution in [0, 0.1) is 0 Å². The first-order valence-corrected chi connectivity index (χ1v) is 8.33. The van der Waals surface area contributed by atoms with Crippen molar-refractivity contribution in [2.24, 2.45) is 0 Å². The highest BCUT2D eigenvalue weighted by molar-refractivity contribution is 7.99. The SMILES string of the molecule is CCC(C)c1csc(NC(=O)N2CCSCC2)n1. The van der Waals surface area contributed by atoms with Gasteiger partial charge in [-0.05, 0) is 12.3 Å². The first-order valence-electron chi connectivity index (χ1n) is 6.29. The van der Waals surface area contributed by atoms with Crippen LogP contribution in [-0.2, 0) is 0 Å². The molecule has 4 nitrogen and oxygen atoms in total. The summed E-state index contributed by atoms with van der Waals surface area (Å²) in [6.07, 6.45) is 1.07. The Morgan fingerprint density at radius 3 is 2.94 bits per heavy atom. The van der Waals surface area contributed by atoms with E-state index < -0.39 is 0 Å². The van der Waals surface area contributed by atoms with Crippen molar-refractivity contribution in [2.75, 3.05) is 29.9 Å². The molecule has 1 unspecified atom stereocenters. The Kier molecular flexibility index (Phi) is 4.88. The summed E-state index contributed by atoms with van der Waals surface area (Å²) in [7, 11) is 0. The van der Waals surface area contributed by atoms with Crippen molar-refractivity contribution in [3.05, 3.63) is 11.1 Å². The van der Waals surface area contributed by atoms with Gasteiger partial charge in [0.25, 0.3) is 0 Å². The van der Waals surface area contributed by atoms with Crippen molar-refractivity contribution in [2.45, 2.75) is 26.2 Å². The molecule has 100 valence electrons. The maximum Gasteiger partial charge on any atom is 0.323 e. The first-order chi connectivity index (χ1) is 8.70. The van der Waals surface area contributed by atoms with E-state index in [2.05, 4.69) is 24.1 Å². The lowest BCUT2D eigenvalue weighted by Crippen LogP contribution is -2.40. The normalized spacial score (nSPS) is 17.6. The summed E-state index contributed by atoms with van der Waals surface area (Å²) in [6, 6.07) is -0.0136. The lowest BCUT2D eigenvalue weighted by Gasteiger charge is -2.25. The highest BCUT2D eigenvalue weighted by Gasteiger charge is 2.18. The Hall–Kier alpha value is -0.750. The van der Waals surface area contributed by atoms with E-state index in [0.29, 0.717) is 11.0 Å². The summed E-state index contributed by atoms with van der Waals surface area (Å²) < 4.78 is 0. The quantitative estimate of drug-likeness (QED) is 0.927. The molecule has 1 atom stereocenters. The molecule has 1 aliphatic heterocycles. The molecule has 0 saturated carbocycles. The Morgan fingerprint density at radius 1 is 1.56 bits per heavy atom. The van der Waals surface area contributed by atoms with Crippen LogP contribution in [0.25, 0.3) is 0 Å². The number of aromatic nitrogens is 1. The second-order valence-electron chi connectivity index (χ2n) is 4.42. The molecular weight excluding hydrogens is 266 g/mol. The van der Waals surface area contributed by atoms with E-state index in [0.717, 1.165) is 36.7 Å². The Labute approximate surface area is 116 Å². The topological polar surface area (TPSA) is 45.2 Å². The number of urea groups is 1. The zero-order valence-corrected chi connectivity index (χ0v) is 12.4. The molecule has 1 aromatic rings. The third-order valence-electron chi connectivity index (χ3n) is 3.15. The van der Waals surface area contributed by atoms with Gasteiger partial charge >= 0.3 is 6.03 Å². The van der Waals surface area contributed by atoms with Crippen LogP contribution in [0.5, 0.6) is 0 Å². The molecule has 1 fully saturated rings. The van der Waals surface area contributed by atoms with E-state index in [9.17, 15) is 4.79 Å². The second kappa shape index (κ2) is 6.43. The summed E-state index contributed by atoms with van der Waals surface area (Å²) >= 11 is 3.41. The molecule has 1 aliphatic rings. The molecule has 1 aromatic heterocycles. The highest BCUT2D eigenvalue weighted by atomic mass is 32.2. The predicted molar refractivity (Wildman–Crippen MR) is 78.7 cm³/mol. The van der Waals surface area contributed by atoms with Crippen LogP contribution in [0.3, 0.4) is 0 Å². The third-order valence-corrected chi connectivity index (χ3v) is 4.87. The fourth-order valence-corrected chi connectivity index (χ4v) is 3.44. The highest BCUT2D eigenvalue weighted by Crippen LogP contribution is 2.24. The molecule has 2 rings (SSSR count). The molecule has 0 aliphatic carbocycles. The summed E-state index contributed by atoms with van der Waals surface area (Å²) in [5, 5.41) is 5.65. The number of thiazole rings is 1. The van der Waals surface area contributed by atoms with Crippen LogP contribution < -0.4 is 5.32 Å². The Morgan fingerprint density at radius 2 is 2.28 bits per heavy atom. The Balaban J connectivity index is 1.92. The van der Waals surface area contributed by atoms with E-state index in [4.69, 9.17) is 0 Å². The van der Waals surface area contributed by atoms with Gasteiger partial charge in [-0.1, -0.05) is 13.8 Å². The summed E-state index contributed by atoms with van der Waals surface area (Å²) in [5.74, 6) is 2.52. The smallest absolute Gasteiger partial charge is 0.323 e. The zero-order chi connectivity index (χ0) is 13.0. The van der Waals surface area contributed by atoms with Crippen LogP contribution in [0.1, 0.15) is 31.9 Å². The van der Waals surface area contributed by atoms with Gasteiger partial charge < -0.3 is 4.90 Å². The zero-order valence-electron chi connectivity index (χ0n) is 10.8. The van der Waals surface area contributed by atoms with Crippen molar-refractivity contribution in [3.8, 4) is 0 Å². The van der Waals surface area contributed by atoms with Gasteiger partial charge in [-0.3, -0.25) is 5.32 Å². The molecule has 0 aromatic carbocycles. The van der Waals surface area contributed by atoms with Crippen molar-refractivity contribution in [1.29, 1.82) is 0 Å². The van der Waals surface area contributed by atoms with E-state index in [-0.39, 0.29) is 6.03 Å². The molecule has 0 spiro atoms. The molecule has 0 bridgehead atoms. The number of carbonyl (C=O) groups is 1. The van der Waals surface area contributed by atoms with Crippen molar-refractivity contribution in [3.63, 3.8) is 0 Å². The van der Waals surface area contributed by atoms with E-state index in [1.54, 1.807) is 0 Å². The third kappa shape index (κ3) is 3.38. The van der Waals surface area contributed by atoms with Gasteiger partial charge in [-0.15, -0.1) is 11.3 Å². The van der Waals surface area contributed by atoms with Crippen molar-refractivity contribution in [1.82, 2.24) is 9.88 Å². The van der Waals surface area contributed by atoms with Gasteiger partial charge in [0, 0.05) is 30.0 Å². The first kappa shape index (κ1) is 13.7. The van der Waals surface area contributed by atoms with Crippen LogP contribution >= 0.6 is 23.1 Å². The summed E-state index contributed by atoms with van der Waals surface area (Å²) in [5.41, 5.74) is 1.08.